The van der Waals surface area contributed by atoms with E-state index in [1.807, 2.05) is 12.1 Å². The summed E-state index contributed by atoms with van der Waals surface area (Å²) < 4.78 is 5.17. The van der Waals surface area contributed by atoms with Gasteiger partial charge in [-0.1, -0.05) is 18.2 Å². The lowest BCUT2D eigenvalue weighted by atomic mass is 10.1. The van der Waals surface area contributed by atoms with Gasteiger partial charge in [0, 0.05) is 24.8 Å². The van der Waals surface area contributed by atoms with Crippen LogP contribution in [0.4, 0.5) is 11.4 Å². The van der Waals surface area contributed by atoms with E-state index in [-0.39, 0.29) is 37.1 Å². The van der Waals surface area contributed by atoms with Crippen molar-refractivity contribution in [2.75, 3.05) is 23.5 Å². The molecule has 4 rings (SSSR count). The molecule has 1 atom stereocenters. The summed E-state index contributed by atoms with van der Waals surface area (Å²) in [5.74, 6) is -0.166. The van der Waals surface area contributed by atoms with Crippen molar-refractivity contribution in [2.24, 2.45) is 5.92 Å². The summed E-state index contributed by atoms with van der Waals surface area (Å²) in [6.45, 7) is 0.473. The van der Waals surface area contributed by atoms with Crippen LogP contribution in [-0.4, -0.2) is 35.6 Å². The molecular weight excluding hydrogens is 394 g/mol. The maximum Gasteiger partial charge on any atom is 0.232 e. The lowest BCUT2D eigenvalue weighted by molar-refractivity contribution is -0.124. The lowest BCUT2D eigenvalue weighted by Crippen LogP contribution is -2.37. The predicted molar refractivity (Wildman–Crippen MR) is 117 cm³/mol. The number of carbonyl (C=O) groups excluding carboxylic acids is 2. The zero-order chi connectivity index (χ0) is 21.8. The number of para-hydroxylation sites is 2. The van der Waals surface area contributed by atoms with Crippen LogP contribution in [0.5, 0.6) is 11.5 Å². The summed E-state index contributed by atoms with van der Waals surface area (Å²) in [5, 5.41) is 10.4. The fraction of sp³-hybridized carbons (Fsp3) is 0.208. The summed E-state index contributed by atoms with van der Waals surface area (Å²) in [6.07, 6.45) is 1.77. The molecule has 7 nitrogen and oxygen atoms in total. The van der Waals surface area contributed by atoms with Crippen molar-refractivity contribution in [2.45, 2.75) is 13.0 Å². The Bertz CT molecular complexity index is 1070. The van der Waals surface area contributed by atoms with E-state index < -0.39 is 5.92 Å². The van der Waals surface area contributed by atoms with Crippen LogP contribution in [0.2, 0.25) is 0 Å². The van der Waals surface area contributed by atoms with E-state index in [2.05, 4.69) is 4.98 Å². The second-order valence-corrected chi connectivity index (χ2v) is 7.34. The molecule has 1 aliphatic heterocycles. The van der Waals surface area contributed by atoms with Crippen LogP contribution >= 0.6 is 0 Å². The molecule has 0 aliphatic carbocycles. The van der Waals surface area contributed by atoms with E-state index in [4.69, 9.17) is 4.74 Å². The molecule has 2 amide bonds. The number of phenolic OH excluding ortho intramolecular Hbond substituents is 1. The van der Waals surface area contributed by atoms with Crippen LogP contribution in [0.3, 0.4) is 0 Å². The summed E-state index contributed by atoms with van der Waals surface area (Å²) in [5.41, 5.74) is 1.81. The predicted octanol–water partition coefficient (Wildman–Crippen LogP) is 3.38. The molecule has 1 aliphatic rings. The number of phenols is 1. The number of aromatic hydroxyl groups is 1. The molecule has 1 aromatic heterocycles. The average Bonchev–Trinajstić information content (AvgIpc) is 3.20. The highest BCUT2D eigenvalue weighted by molar-refractivity contribution is 6.04. The van der Waals surface area contributed by atoms with E-state index in [1.165, 1.54) is 11.0 Å². The molecule has 0 saturated carbocycles. The lowest BCUT2D eigenvalue weighted by Gasteiger charge is -2.26. The van der Waals surface area contributed by atoms with Gasteiger partial charge in [0.05, 0.1) is 31.0 Å². The minimum Gasteiger partial charge on any atom is -0.506 e. The van der Waals surface area contributed by atoms with Gasteiger partial charge in [-0.05, 0) is 48.5 Å². The molecule has 1 N–H and O–H groups in total. The van der Waals surface area contributed by atoms with E-state index in [9.17, 15) is 14.7 Å². The van der Waals surface area contributed by atoms with Crippen LogP contribution in [0, 0.1) is 5.92 Å². The summed E-state index contributed by atoms with van der Waals surface area (Å²) in [6, 6.07) is 19.3. The van der Waals surface area contributed by atoms with Gasteiger partial charge in [0.1, 0.15) is 11.5 Å². The van der Waals surface area contributed by atoms with Crippen LogP contribution in [-0.2, 0) is 16.1 Å². The first-order chi connectivity index (χ1) is 15.1. The van der Waals surface area contributed by atoms with Gasteiger partial charge >= 0.3 is 0 Å². The van der Waals surface area contributed by atoms with E-state index in [0.717, 1.165) is 5.69 Å². The molecule has 0 spiro atoms. The van der Waals surface area contributed by atoms with Crippen molar-refractivity contribution < 1.29 is 19.4 Å². The third-order valence-corrected chi connectivity index (χ3v) is 5.34. The Hall–Kier alpha value is -3.87. The van der Waals surface area contributed by atoms with Gasteiger partial charge in [-0.15, -0.1) is 0 Å². The minimum absolute atomic E-state index is 0.00288. The highest BCUT2D eigenvalue weighted by Crippen LogP contribution is 2.33. The number of hydrogen-bond acceptors (Lipinski definition) is 5. The number of carbonyl (C=O) groups is 2. The maximum atomic E-state index is 13.5. The highest BCUT2D eigenvalue weighted by Gasteiger charge is 2.38. The SMILES string of the molecule is COc1ccc(N2CC(C(=O)N(Cc3ccccn3)c3ccccc3O)CC2=O)cc1. The van der Waals surface area contributed by atoms with Crippen LogP contribution < -0.4 is 14.5 Å². The maximum absolute atomic E-state index is 13.5. The fourth-order valence-electron chi connectivity index (χ4n) is 3.73. The molecule has 2 heterocycles. The van der Waals surface area contributed by atoms with Crippen molar-refractivity contribution in [3.63, 3.8) is 0 Å². The van der Waals surface area contributed by atoms with Crippen molar-refractivity contribution in [1.82, 2.24) is 4.98 Å². The quantitative estimate of drug-likeness (QED) is 0.665. The van der Waals surface area contributed by atoms with E-state index >= 15 is 0 Å². The van der Waals surface area contributed by atoms with Crippen molar-refractivity contribution in [3.8, 4) is 11.5 Å². The van der Waals surface area contributed by atoms with Crippen LogP contribution in [0.1, 0.15) is 12.1 Å². The molecule has 158 valence electrons. The van der Waals surface area contributed by atoms with Crippen molar-refractivity contribution in [1.29, 1.82) is 0 Å². The third-order valence-electron chi connectivity index (χ3n) is 5.34. The van der Waals surface area contributed by atoms with E-state index in [0.29, 0.717) is 17.1 Å². The number of rotatable bonds is 6. The van der Waals surface area contributed by atoms with Gasteiger partial charge in [0.2, 0.25) is 11.8 Å². The molecule has 2 aromatic carbocycles. The average molecular weight is 417 g/mol. The largest absolute Gasteiger partial charge is 0.506 e. The number of hydrogen-bond donors (Lipinski definition) is 1. The number of methoxy groups -OCH3 is 1. The fourth-order valence-corrected chi connectivity index (χ4v) is 3.73. The Kier molecular flexibility index (Phi) is 5.84. The molecule has 1 fully saturated rings. The molecule has 1 saturated heterocycles. The Morgan fingerprint density at radius 2 is 1.87 bits per heavy atom. The molecular formula is C24H23N3O4. The molecule has 3 aromatic rings. The monoisotopic (exact) mass is 417 g/mol. The topological polar surface area (TPSA) is 83.0 Å². The van der Waals surface area contributed by atoms with Crippen molar-refractivity contribution >= 4 is 23.2 Å². The number of amides is 2. The zero-order valence-corrected chi connectivity index (χ0v) is 17.1. The first-order valence-electron chi connectivity index (χ1n) is 10.0. The number of nitrogens with zero attached hydrogens (tertiary/aromatic N) is 3. The molecule has 0 bridgehead atoms. The van der Waals surface area contributed by atoms with Gasteiger partial charge in [-0.25, -0.2) is 0 Å². The molecule has 7 heteroatoms. The van der Waals surface area contributed by atoms with Gasteiger partial charge in [0.25, 0.3) is 0 Å². The second-order valence-electron chi connectivity index (χ2n) is 7.34. The standard InChI is InChI=1S/C24H23N3O4/c1-31-20-11-9-19(10-12-20)26-15-17(14-23(26)29)24(30)27(16-18-6-4-5-13-25-18)21-7-2-3-8-22(21)28/h2-13,17,28H,14-16H2,1H3. The third kappa shape index (κ3) is 4.35. The smallest absolute Gasteiger partial charge is 0.232 e. The van der Waals surface area contributed by atoms with Crippen LogP contribution in [0.25, 0.3) is 0 Å². The Morgan fingerprint density at radius 3 is 2.55 bits per heavy atom. The Morgan fingerprint density at radius 1 is 1.13 bits per heavy atom. The normalized spacial score (nSPS) is 15.7. The Labute approximate surface area is 180 Å². The number of benzene rings is 2. The number of ether oxygens (including phenoxy) is 1. The van der Waals surface area contributed by atoms with Gasteiger partial charge in [-0.2, -0.15) is 0 Å². The first-order valence-corrected chi connectivity index (χ1v) is 10.0. The number of anilines is 2. The minimum atomic E-state index is -0.530. The van der Waals surface area contributed by atoms with Crippen LogP contribution in [0.15, 0.2) is 72.9 Å². The number of pyridine rings is 1. The zero-order valence-electron chi connectivity index (χ0n) is 17.1. The molecule has 1 unspecified atom stereocenters. The second kappa shape index (κ2) is 8.87. The summed E-state index contributed by atoms with van der Waals surface area (Å²) in [7, 11) is 1.58. The number of aromatic nitrogens is 1. The highest BCUT2D eigenvalue weighted by atomic mass is 16.5. The van der Waals surface area contributed by atoms with Gasteiger partial charge in [-0.3, -0.25) is 14.6 Å². The van der Waals surface area contributed by atoms with Gasteiger partial charge in [0.15, 0.2) is 0 Å². The van der Waals surface area contributed by atoms with E-state index in [1.54, 1.807) is 66.7 Å². The van der Waals surface area contributed by atoms with Gasteiger partial charge < -0.3 is 19.6 Å². The molecule has 31 heavy (non-hydrogen) atoms. The molecule has 0 radical (unpaired) electrons. The summed E-state index contributed by atoms with van der Waals surface area (Å²) in [4.78, 5) is 33.6. The summed E-state index contributed by atoms with van der Waals surface area (Å²) >= 11 is 0. The Balaban J connectivity index is 1.59. The van der Waals surface area contributed by atoms with Crippen molar-refractivity contribution in [3.05, 3.63) is 78.6 Å². The first kappa shape index (κ1) is 20.4.